The summed E-state index contributed by atoms with van der Waals surface area (Å²) in [4.78, 5) is 11.0. The summed E-state index contributed by atoms with van der Waals surface area (Å²) in [6, 6.07) is 7.59. The molecule has 0 aliphatic rings. The van der Waals surface area contributed by atoms with Gasteiger partial charge in [-0.2, -0.15) is 0 Å². The predicted octanol–water partition coefficient (Wildman–Crippen LogP) is 7.18. The molecule has 1 aromatic rings. The number of carbonyl (C=O) groups is 1. The van der Waals surface area contributed by atoms with Gasteiger partial charge in [-0.25, -0.2) is 4.79 Å². The van der Waals surface area contributed by atoms with E-state index in [4.69, 9.17) is 5.11 Å². The van der Waals surface area contributed by atoms with E-state index in [0.29, 0.717) is 11.5 Å². The Morgan fingerprint density at radius 1 is 0.821 bits per heavy atom. The molecule has 0 amide bonds. The lowest BCUT2D eigenvalue weighted by molar-refractivity contribution is 0.0697. The third kappa shape index (κ3) is 14.8. The first kappa shape index (κ1) is 26.8. The van der Waals surface area contributed by atoms with Crippen molar-refractivity contribution in [1.82, 2.24) is 0 Å². The summed E-state index contributed by atoms with van der Waals surface area (Å²) in [7, 11) is -0.611. The third-order valence-corrected chi connectivity index (χ3v) is 4.94. The number of aromatic carboxylic acids is 1. The van der Waals surface area contributed by atoms with Crippen LogP contribution in [0.2, 0.25) is 0 Å². The lowest BCUT2D eigenvalue weighted by Gasteiger charge is -2.18. The van der Waals surface area contributed by atoms with Gasteiger partial charge < -0.3 is 5.11 Å². The molecular weight excluding hydrogens is 368 g/mol. The molecule has 0 aliphatic heterocycles. The van der Waals surface area contributed by atoms with Crippen LogP contribution in [0.3, 0.4) is 0 Å². The minimum atomic E-state index is -0.836. The van der Waals surface area contributed by atoms with Crippen LogP contribution in [0.1, 0.15) is 113 Å². The van der Waals surface area contributed by atoms with Gasteiger partial charge in [0, 0.05) is 23.3 Å². The van der Waals surface area contributed by atoms with E-state index in [1.54, 1.807) is 24.6 Å². The van der Waals surface area contributed by atoms with Crippen molar-refractivity contribution < 1.29 is 14.1 Å². The molecule has 4 heteroatoms. The molecule has 0 aromatic heterocycles. The zero-order valence-corrected chi connectivity index (χ0v) is 19.4. The van der Waals surface area contributed by atoms with E-state index in [1.807, 2.05) is 12.1 Å². The number of unbranched alkanes of at least 4 members (excludes halogenated alkanes) is 8. The maximum Gasteiger partial charge on any atom is 0.335 e. The average Bonchev–Trinajstić information content (AvgIpc) is 2.65. The number of hydrogen-bond acceptors (Lipinski definition) is 2. The Kier molecular flexibility index (Phi) is 17.2. The fourth-order valence-electron chi connectivity index (χ4n) is 3.36. The number of rotatable bonds is 14. The molecule has 1 rings (SSSR count). The molecule has 1 aromatic carbocycles. The fraction of sp³-hybridized carbons (Fsp3) is 0.708. The Labute approximate surface area is 175 Å². The van der Waals surface area contributed by atoms with Gasteiger partial charge in [0.2, 0.25) is 0 Å². The molecular formula is C24H42O3S. The maximum atomic E-state index is 11.0. The molecule has 0 atom stereocenters. The lowest BCUT2D eigenvalue weighted by atomic mass is 9.87. The van der Waals surface area contributed by atoms with Crippen molar-refractivity contribution in [2.45, 2.75) is 96.8 Å². The molecule has 162 valence electrons. The van der Waals surface area contributed by atoms with E-state index in [-0.39, 0.29) is 0 Å². The van der Waals surface area contributed by atoms with Crippen LogP contribution in [0.25, 0.3) is 0 Å². The molecule has 0 spiro atoms. The summed E-state index contributed by atoms with van der Waals surface area (Å²) in [6.45, 7) is 4.51. The summed E-state index contributed by atoms with van der Waals surface area (Å²) in [5.74, 6) is -0.242. The standard InChI is InChI=1S/C22H36O2.C2H6OS/c1-3-5-7-9-11-13-19(14-12-10-8-6-4-2)20-15-17-21(18-16-20)22(23)24;1-4(2)3/h15-19H,3-14H2,1-2H3,(H,23,24);1-2H3. The van der Waals surface area contributed by atoms with E-state index in [9.17, 15) is 9.00 Å². The van der Waals surface area contributed by atoms with Crippen molar-refractivity contribution in [2.75, 3.05) is 12.5 Å². The van der Waals surface area contributed by atoms with E-state index < -0.39 is 16.8 Å². The second-order valence-electron chi connectivity index (χ2n) is 7.77. The molecule has 0 saturated carbocycles. The first-order chi connectivity index (χ1) is 13.4. The molecule has 0 aliphatic carbocycles. The molecule has 28 heavy (non-hydrogen) atoms. The van der Waals surface area contributed by atoms with E-state index in [2.05, 4.69) is 13.8 Å². The molecule has 3 nitrogen and oxygen atoms in total. The summed E-state index contributed by atoms with van der Waals surface area (Å²) < 4.78 is 9.56. The second-order valence-corrected chi connectivity index (χ2v) is 9.25. The highest BCUT2D eigenvalue weighted by Crippen LogP contribution is 2.29. The molecule has 1 N–H and O–H groups in total. The minimum Gasteiger partial charge on any atom is -0.478 e. The Balaban J connectivity index is 0.00000165. The Morgan fingerprint density at radius 2 is 1.21 bits per heavy atom. The van der Waals surface area contributed by atoms with Gasteiger partial charge in [-0.1, -0.05) is 90.2 Å². The van der Waals surface area contributed by atoms with Crippen LogP contribution in [-0.4, -0.2) is 27.8 Å². The number of carboxylic acids is 1. The highest BCUT2D eigenvalue weighted by Gasteiger charge is 2.12. The van der Waals surface area contributed by atoms with Crippen LogP contribution in [0.5, 0.6) is 0 Å². The normalized spacial score (nSPS) is 10.8. The van der Waals surface area contributed by atoms with Gasteiger partial charge in [-0.05, 0) is 36.5 Å². The largest absolute Gasteiger partial charge is 0.478 e. The van der Waals surface area contributed by atoms with Gasteiger partial charge in [0.25, 0.3) is 0 Å². The van der Waals surface area contributed by atoms with Crippen molar-refractivity contribution in [2.24, 2.45) is 0 Å². The number of carboxylic acid groups (broad SMARTS) is 1. The first-order valence-corrected chi connectivity index (χ1v) is 13.0. The van der Waals surface area contributed by atoms with Crippen LogP contribution >= 0.6 is 0 Å². The highest BCUT2D eigenvalue weighted by molar-refractivity contribution is 7.83. The van der Waals surface area contributed by atoms with Crippen molar-refractivity contribution in [3.63, 3.8) is 0 Å². The summed E-state index contributed by atoms with van der Waals surface area (Å²) in [5, 5.41) is 9.06. The van der Waals surface area contributed by atoms with E-state index in [0.717, 1.165) is 0 Å². The minimum absolute atomic E-state index is 0.392. The Morgan fingerprint density at radius 3 is 1.57 bits per heavy atom. The maximum absolute atomic E-state index is 11.0. The summed E-state index contributed by atoms with van der Waals surface area (Å²) in [6.07, 6.45) is 18.9. The van der Waals surface area contributed by atoms with Gasteiger partial charge in [0.1, 0.15) is 0 Å². The SMILES string of the molecule is CCCCCCCC(CCCCCCC)c1ccc(C(=O)O)cc1.CS(C)=O. The zero-order valence-electron chi connectivity index (χ0n) is 18.5. The average molecular weight is 411 g/mol. The number of hydrogen-bond donors (Lipinski definition) is 1. The van der Waals surface area contributed by atoms with Crippen molar-refractivity contribution >= 4 is 16.8 Å². The fourth-order valence-corrected chi connectivity index (χ4v) is 3.36. The molecule has 0 saturated heterocycles. The molecule has 0 radical (unpaired) electrons. The van der Waals surface area contributed by atoms with Gasteiger partial charge in [0.05, 0.1) is 5.56 Å². The van der Waals surface area contributed by atoms with Crippen molar-refractivity contribution in [3.8, 4) is 0 Å². The molecule has 0 bridgehead atoms. The molecule has 0 unspecified atom stereocenters. The topological polar surface area (TPSA) is 54.4 Å². The van der Waals surface area contributed by atoms with Crippen LogP contribution < -0.4 is 0 Å². The second kappa shape index (κ2) is 17.9. The monoisotopic (exact) mass is 410 g/mol. The lowest BCUT2D eigenvalue weighted by Crippen LogP contribution is -2.02. The third-order valence-electron chi connectivity index (χ3n) is 4.94. The predicted molar refractivity (Wildman–Crippen MR) is 123 cm³/mol. The van der Waals surface area contributed by atoms with Crippen molar-refractivity contribution in [3.05, 3.63) is 35.4 Å². The quantitative estimate of drug-likeness (QED) is 0.330. The number of benzene rings is 1. The smallest absolute Gasteiger partial charge is 0.335 e. The van der Waals surface area contributed by atoms with E-state index in [1.165, 1.54) is 82.6 Å². The highest BCUT2D eigenvalue weighted by atomic mass is 32.2. The summed E-state index contributed by atoms with van der Waals surface area (Å²) >= 11 is 0. The first-order valence-electron chi connectivity index (χ1n) is 11.0. The molecule has 0 fully saturated rings. The van der Waals surface area contributed by atoms with Crippen LogP contribution in [0.15, 0.2) is 24.3 Å². The molecule has 0 heterocycles. The summed E-state index contributed by atoms with van der Waals surface area (Å²) in [5.41, 5.74) is 1.72. The van der Waals surface area contributed by atoms with Gasteiger partial charge in [-0.15, -0.1) is 0 Å². The Bertz CT molecular complexity index is 507. The van der Waals surface area contributed by atoms with Crippen molar-refractivity contribution in [1.29, 1.82) is 0 Å². The van der Waals surface area contributed by atoms with Gasteiger partial charge in [0.15, 0.2) is 0 Å². The van der Waals surface area contributed by atoms with Gasteiger partial charge in [-0.3, -0.25) is 4.21 Å². The van der Waals surface area contributed by atoms with Gasteiger partial charge >= 0.3 is 5.97 Å². The van der Waals surface area contributed by atoms with Crippen LogP contribution in [-0.2, 0) is 10.8 Å². The zero-order chi connectivity index (χ0) is 21.2. The van der Waals surface area contributed by atoms with Crippen LogP contribution in [0.4, 0.5) is 0 Å². The Hall–Kier alpha value is -1.16. The van der Waals surface area contributed by atoms with E-state index >= 15 is 0 Å². The van der Waals surface area contributed by atoms with Crippen LogP contribution in [0, 0.1) is 0 Å².